The van der Waals surface area contributed by atoms with Crippen LogP contribution in [0.2, 0.25) is 0 Å². The molecule has 2 heterocycles. The Labute approximate surface area is 179 Å². The van der Waals surface area contributed by atoms with Crippen molar-refractivity contribution in [3.63, 3.8) is 0 Å². The van der Waals surface area contributed by atoms with Crippen molar-refractivity contribution in [2.24, 2.45) is 0 Å². The zero-order valence-electron chi connectivity index (χ0n) is 16.3. The second kappa shape index (κ2) is 8.30. The van der Waals surface area contributed by atoms with Gasteiger partial charge in [-0.2, -0.15) is 0 Å². The lowest BCUT2D eigenvalue weighted by molar-refractivity contribution is -0.277. The zero-order chi connectivity index (χ0) is 23.2. The number of hydrogen-bond donors (Lipinski definition) is 7. The van der Waals surface area contributed by atoms with E-state index in [1.165, 1.54) is 24.3 Å². The number of hydrogen-bond acceptors (Lipinski definition) is 11. The van der Waals surface area contributed by atoms with Crippen LogP contribution in [0.1, 0.15) is 0 Å². The van der Waals surface area contributed by atoms with Gasteiger partial charge in [-0.15, -0.1) is 0 Å². The molecule has 4 rings (SSSR count). The van der Waals surface area contributed by atoms with Gasteiger partial charge in [0.25, 0.3) is 0 Å². The van der Waals surface area contributed by atoms with E-state index in [-0.39, 0.29) is 33.6 Å². The number of aliphatic hydroxyl groups is 4. The lowest BCUT2D eigenvalue weighted by Gasteiger charge is -2.39. The fraction of sp³-hybridized carbons (Fsp3) is 0.286. The minimum atomic E-state index is -1.66. The van der Waals surface area contributed by atoms with Gasteiger partial charge in [0, 0.05) is 12.1 Å². The minimum Gasteiger partial charge on any atom is -0.507 e. The Morgan fingerprint density at radius 3 is 2.34 bits per heavy atom. The first-order valence-corrected chi connectivity index (χ1v) is 9.49. The normalized spacial score (nSPS) is 25.7. The Hall–Kier alpha value is -3.35. The number of aliphatic hydroxyl groups excluding tert-OH is 4. The predicted octanol–water partition coefficient (Wildman–Crippen LogP) is -0.245. The first-order chi connectivity index (χ1) is 15.2. The lowest BCUT2D eigenvalue weighted by Crippen LogP contribution is -2.60. The molecule has 5 atom stereocenters. The van der Waals surface area contributed by atoms with Crippen LogP contribution < -0.4 is 10.2 Å². The number of benzene rings is 2. The number of fused-ring (bicyclic) bond motifs is 1. The van der Waals surface area contributed by atoms with Crippen LogP contribution in [-0.2, 0) is 4.74 Å². The van der Waals surface area contributed by atoms with E-state index >= 15 is 0 Å². The van der Waals surface area contributed by atoms with Crippen LogP contribution in [0, 0.1) is 0 Å². The third kappa shape index (κ3) is 3.72. The summed E-state index contributed by atoms with van der Waals surface area (Å²) in [6, 6.07) is 6.07. The van der Waals surface area contributed by atoms with Crippen molar-refractivity contribution in [3.05, 3.63) is 46.8 Å². The third-order valence-corrected chi connectivity index (χ3v) is 5.22. The maximum absolute atomic E-state index is 12.9. The molecule has 1 saturated heterocycles. The Bertz CT molecular complexity index is 1200. The van der Waals surface area contributed by atoms with Crippen LogP contribution in [0.25, 0.3) is 22.1 Å². The molecule has 1 aliphatic rings. The fourth-order valence-corrected chi connectivity index (χ4v) is 3.46. The van der Waals surface area contributed by atoms with Crippen LogP contribution in [0.3, 0.4) is 0 Å². The zero-order valence-corrected chi connectivity index (χ0v) is 16.3. The number of ether oxygens (including phenoxy) is 2. The minimum absolute atomic E-state index is 0.0192. The predicted molar refractivity (Wildman–Crippen MR) is 107 cm³/mol. The summed E-state index contributed by atoms with van der Waals surface area (Å²) in [6.07, 6.45) is -6.45. The molecule has 1 aromatic heterocycles. The first kappa shape index (κ1) is 21.9. The summed E-state index contributed by atoms with van der Waals surface area (Å²) in [6.45, 7) is -0.641. The molecule has 0 amide bonds. The van der Waals surface area contributed by atoms with Crippen molar-refractivity contribution >= 4 is 11.0 Å². The van der Waals surface area contributed by atoms with Crippen molar-refractivity contribution in [2.45, 2.75) is 30.7 Å². The van der Waals surface area contributed by atoms with Gasteiger partial charge in [-0.25, -0.2) is 0 Å². The highest BCUT2D eigenvalue weighted by atomic mass is 16.7. The first-order valence-electron chi connectivity index (χ1n) is 9.49. The van der Waals surface area contributed by atoms with Gasteiger partial charge in [0.2, 0.25) is 11.7 Å². The van der Waals surface area contributed by atoms with Gasteiger partial charge in [0.15, 0.2) is 11.5 Å². The average Bonchev–Trinajstić information content (AvgIpc) is 2.76. The van der Waals surface area contributed by atoms with Gasteiger partial charge >= 0.3 is 0 Å². The molecule has 7 N–H and O–H groups in total. The molecule has 32 heavy (non-hydrogen) atoms. The van der Waals surface area contributed by atoms with Crippen molar-refractivity contribution in [3.8, 4) is 34.1 Å². The molecular weight excluding hydrogens is 428 g/mol. The third-order valence-electron chi connectivity index (χ3n) is 5.22. The van der Waals surface area contributed by atoms with Gasteiger partial charge < -0.3 is 49.6 Å². The molecule has 0 radical (unpaired) electrons. The van der Waals surface area contributed by atoms with Crippen LogP contribution in [-0.4, -0.2) is 73.1 Å². The van der Waals surface area contributed by atoms with Crippen LogP contribution in [0.15, 0.2) is 45.8 Å². The summed E-state index contributed by atoms with van der Waals surface area (Å²) in [7, 11) is 0. The molecule has 170 valence electrons. The van der Waals surface area contributed by atoms with Crippen molar-refractivity contribution in [1.82, 2.24) is 0 Å². The summed E-state index contributed by atoms with van der Waals surface area (Å²) in [5.41, 5.74) is -0.419. The van der Waals surface area contributed by atoms with Gasteiger partial charge in [0.1, 0.15) is 53.1 Å². The average molecular weight is 448 g/mol. The van der Waals surface area contributed by atoms with E-state index in [1.54, 1.807) is 0 Å². The van der Waals surface area contributed by atoms with E-state index in [9.17, 15) is 40.5 Å². The highest BCUT2D eigenvalue weighted by Gasteiger charge is 2.44. The smallest absolute Gasteiger partial charge is 0.229 e. The van der Waals surface area contributed by atoms with E-state index < -0.39 is 54.2 Å². The SMILES string of the molecule is O=c1c(-c2ccc(O)c(O)c2)coc2cc(O[C@@H]3OC(CO)[C@@H](O)[C@H](O)C3O)cc(O)c12. The molecule has 0 aliphatic carbocycles. The van der Waals surface area contributed by atoms with Crippen LogP contribution >= 0.6 is 0 Å². The summed E-state index contributed by atoms with van der Waals surface area (Å²) < 4.78 is 16.2. The molecule has 11 heteroatoms. The molecule has 0 saturated carbocycles. The molecule has 0 bridgehead atoms. The van der Waals surface area contributed by atoms with E-state index in [4.69, 9.17) is 13.9 Å². The van der Waals surface area contributed by atoms with Gasteiger partial charge in [-0.3, -0.25) is 4.79 Å². The maximum Gasteiger partial charge on any atom is 0.229 e. The molecule has 2 unspecified atom stereocenters. The molecule has 1 fully saturated rings. The second-order valence-electron chi connectivity index (χ2n) is 7.31. The monoisotopic (exact) mass is 448 g/mol. The molecule has 0 spiro atoms. The Balaban J connectivity index is 1.69. The van der Waals surface area contributed by atoms with E-state index in [2.05, 4.69) is 0 Å². The highest BCUT2D eigenvalue weighted by molar-refractivity contribution is 5.88. The van der Waals surface area contributed by atoms with Crippen LogP contribution in [0.4, 0.5) is 0 Å². The quantitative estimate of drug-likeness (QED) is 0.261. The number of phenols is 3. The van der Waals surface area contributed by atoms with E-state index in [0.717, 1.165) is 12.3 Å². The maximum atomic E-state index is 12.9. The van der Waals surface area contributed by atoms with E-state index in [1.807, 2.05) is 0 Å². The van der Waals surface area contributed by atoms with Crippen molar-refractivity contribution < 1.29 is 49.6 Å². The van der Waals surface area contributed by atoms with Gasteiger partial charge in [0.05, 0.1) is 12.2 Å². The van der Waals surface area contributed by atoms with Gasteiger partial charge in [-0.1, -0.05) is 6.07 Å². The summed E-state index contributed by atoms with van der Waals surface area (Å²) in [5.74, 6) is -1.40. The summed E-state index contributed by atoms with van der Waals surface area (Å²) in [5, 5.41) is 68.4. The molecular formula is C21H20O11. The fourth-order valence-electron chi connectivity index (χ4n) is 3.46. The van der Waals surface area contributed by atoms with Crippen molar-refractivity contribution in [1.29, 1.82) is 0 Å². The van der Waals surface area contributed by atoms with Crippen molar-refractivity contribution in [2.75, 3.05) is 6.61 Å². The summed E-state index contributed by atoms with van der Waals surface area (Å²) in [4.78, 5) is 12.9. The number of rotatable bonds is 4. The lowest BCUT2D eigenvalue weighted by atomic mass is 9.99. The Morgan fingerprint density at radius 2 is 1.66 bits per heavy atom. The molecule has 11 nitrogen and oxygen atoms in total. The number of aromatic hydroxyl groups is 3. The number of phenolic OH excluding ortho intramolecular Hbond substituents is 3. The highest BCUT2D eigenvalue weighted by Crippen LogP contribution is 2.34. The largest absolute Gasteiger partial charge is 0.507 e. The van der Waals surface area contributed by atoms with Crippen LogP contribution in [0.5, 0.6) is 23.0 Å². The molecule has 1 aliphatic heterocycles. The second-order valence-corrected chi connectivity index (χ2v) is 7.31. The standard InChI is InChI=1S/C21H20O11/c22-6-15-18(27)19(28)20(29)21(32-15)31-9-4-13(25)16-14(5-9)30-7-10(17(16)26)8-1-2-11(23)12(24)3-8/h1-5,7,15,18-25,27-29H,6H2/t15?,18-,19+,20?,21-/m1/s1. The Morgan fingerprint density at radius 1 is 0.906 bits per heavy atom. The molecule has 2 aromatic carbocycles. The Kier molecular flexibility index (Phi) is 5.67. The molecule has 3 aromatic rings. The van der Waals surface area contributed by atoms with Gasteiger partial charge in [-0.05, 0) is 17.7 Å². The topological polar surface area (TPSA) is 190 Å². The van der Waals surface area contributed by atoms with E-state index in [0.29, 0.717) is 0 Å². The summed E-state index contributed by atoms with van der Waals surface area (Å²) >= 11 is 0.